The Kier molecular flexibility index (Phi) is 6.75. The first-order valence-electron chi connectivity index (χ1n) is 8.13. The van der Waals surface area contributed by atoms with Gasteiger partial charge in [-0.1, -0.05) is 0 Å². The van der Waals surface area contributed by atoms with Gasteiger partial charge in [-0.2, -0.15) is 5.26 Å². The fourth-order valence-corrected chi connectivity index (χ4v) is 2.10. The molecule has 0 N–H and O–H groups in total. The first-order chi connectivity index (χ1) is 12.5. The third-order valence-electron chi connectivity index (χ3n) is 3.46. The molecule has 2 rings (SSSR count). The second kappa shape index (κ2) is 9.23. The van der Waals surface area contributed by atoms with Crippen LogP contribution < -0.4 is 9.47 Å². The Hall–Kier alpha value is -3.33. The number of carbonyl (C=O) groups excluding carboxylic acids is 2. The number of Topliss-reactive ketones (excluding diaryl/α,β-unsaturated/α-hetero) is 1. The van der Waals surface area contributed by atoms with Crippen LogP contribution in [0.25, 0.3) is 0 Å². The summed E-state index contributed by atoms with van der Waals surface area (Å²) in [5.41, 5.74) is 0.926. The lowest BCUT2D eigenvalue weighted by molar-refractivity contribution is -0.149. The molecule has 0 radical (unpaired) electrons. The lowest BCUT2D eigenvalue weighted by atomic mass is 10.1. The molecule has 0 bridgehead atoms. The molecule has 0 aliphatic rings. The molecule has 0 fully saturated rings. The number of carbonyl (C=O) groups is 2. The fourth-order valence-electron chi connectivity index (χ4n) is 2.10. The Bertz CT molecular complexity index is 790. The van der Waals surface area contributed by atoms with E-state index < -0.39 is 12.1 Å². The molecule has 2 aromatic carbocycles. The number of hydrogen-bond donors (Lipinski definition) is 0. The fraction of sp³-hybridized carbons (Fsp3) is 0.250. The van der Waals surface area contributed by atoms with Gasteiger partial charge in [0, 0.05) is 5.56 Å². The number of ether oxygens (including phenoxy) is 3. The van der Waals surface area contributed by atoms with Crippen molar-refractivity contribution in [2.45, 2.75) is 20.0 Å². The Balaban J connectivity index is 1.84. The molecule has 0 amide bonds. The summed E-state index contributed by atoms with van der Waals surface area (Å²) in [7, 11) is 0. The quantitative estimate of drug-likeness (QED) is 0.535. The topological polar surface area (TPSA) is 85.6 Å². The van der Waals surface area contributed by atoms with Gasteiger partial charge in [0.15, 0.2) is 18.5 Å². The zero-order chi connectivity index (χ0) is 18.9. The summed E-state index contributed by atoms with van der Waals surface area (Å²) in [4.78, 5) is 24.1. The van der Waals surface area contributed by atoms with E-state index in [1.54, 1.807) is 48.5 Å². The third-order valence-corrected chi connectivity index (χ3v) is 3.46. The highest BCUT2D eigenvalue weighted by molar-refractivity contribution is 5.98. The molecule has 0 unspecified atom stereocenters. The van der Waals surface area contributed by atoms with Gasteiger partial charge < -0.3 is 14.2 Å². The minimum atomic E-state index is -0.879. The Morgan fingerprint density at radius 1 is 1.04 bits per heavy atom. The van der Waals surface area contributed by atoms with Crippen molar-refractivity contribution < 1.29 is 23.8 Å². The van der Waals surface area contributed by atoms with Crippen molar-refractivity contribution in [3.63, 3.8) is 0 Å². The first-order valence-corrected chi connectivity index (χ1v) is 8.13. The van der Waals surface area contributed by atoms with Gasteiger partial charge in [0.05, 0.1) is 18.2 Å². The number of ketones is 1. The standard InChI is InChI=1S/C20H19NO5/c1-3-24-17-10-6-16(7-11-17)19(22)13-25-20(23)14(2)26-18-8-4-15(12-21)5-9-18/h4-11,14H,3,13H2,1-2H3/t14-/m1/s1. The van der Waals surface area contributed by atoms with Gasteiger partial charge in [-0.25, -0.2) is 4.79 Å². The molecule has 0 aromatic heterocycles. The molecule has 0 aliphatic carbocycles. The largest absolute Gasteiger partial charge is 0.494 e. The van der Waals surface area contributed by atoms with Gasteiger partial charge in [0.25, 0.3) is 0 Å². The molecule has 6 heteroatoms. The molecule has 0 saturated carbocycles. The highest BCUT2D eigenvalue weighted by Crippen LogP contribution is 2.15. The van der Waals surface area contributed by atoms with E-state index in [9.17, 15) is 9.59 Å². The van der Waals surface area contributed by atoms with Crippen LogP contribution in [0.2, 0.25) is 0 Å². The zero-order valence-corrected chi connectivity index (χ0v) is 14.6. The van der Waals surface area contributed by atoms with E-state index in [1.807, 2.05) is 13.0 Å². The molecule has 2 aromatic rings. The summed E-state index contributed by atoms with van der Waals surface area (Å²) >= 11 is 0. The molecule has 0 saturated heterocycles. The summed E-state index contributed by atoms with van der Waals surface area (Å²) < 4.78 is 15.8. The Morgan fingerprint density at radius 3 is 2.23 bits per heavy atom. The predicted octanol–water partition coefficient (Wildman–Crippen LogP) is 3.15. The number of esters is 1. The molecule has 26 heavy (non-hydrogen) atoms. The lowest BCUT2D eigenvalue weighted by Gasteiger charge is -2.13. The average Bonchev–Trinajstić information content (AvgIpc) is 2.67. The van der Waals surface area contributed by atoms with Crippen molar-refractivity contribution in [3.8, 4) is 17.6 Å². The van der Waals surface area contributed by atoms with Crippen molar-refractivity contribution in [1.82, 2.24) is 0 Å². The van der Waals surface area contributed by atoms with Gasteiger partial charge in [-0.15, -0.1) is 0 Å². The van der Waals surface area contributed by atoms with Crippen LogP contribution >= 0.6 is 0 Å². The molecule has 0 spiro atoms. The lowest BCUT2D eigenvalue weighted by Crippen LogP contribution is -2.28. The van der Waals surface area contributed by atoms with Crippen LogP contribution in [0.1, 0.15) is 29.8 Å². The monoisotopic (exact) mass is 353 g/mol. The number of hydrogen-bond acceptors (Lipinski definition) is 6. The van der Waals surface area contributed by atoms with Crippen LogP contribution in [0.5, 0.6) is 11.5 Å². The minimum absolute atomic E-state index is 0.313. The SMILES string of the molecule is CCOc1ccc(C(=O)COC(=O)[C@@H](C)Oc2ccc(C#N)cc2)cc1. The van der Waals surface area contributed by atoms with Crippen LogP contribution in [-0.2, 0) is 9.53 Å². The van der Waals surface area contributed by atoms with Crippen molar-refractivity contribution in [1.29, 1.82) is 5.26 Å². The molecule has 1 atom stereocenters. The maximum Gasteiger partial charge on any atom is 0.347 e. The smallest absolute Gasteiger partial charge is 0.347 e. The summed E-state index contributed by atoms with van der Waals surface area (Å²) in [6.45, 7) is 3.58. The van der Waals surface area contributed by atoms with Gasteiger partial charge in [0.1, 0.15) is 11.5 Å². The highest BCUT2D eigenvalue weighted by atomic mass is 16.6. The number of nitriles is 1. The van der Waals surface area contributed by atoms with Crippen LogP contribution in [0.15, 0.2) is 48.5 Å². The van der Waals surface area contributed by atoms with Crippen molar-refractivity contribution in [2.24, 2.45) is 0 Å². The Labute approximate surface area is 151 Å². The van der Waals surface area contributed by atoms with E-state index in [2.05, 4.69) is 0 Å². The number of benzene rings is 2. The first kappa shape index (κ1) is 19.0. The van der Waals surface area contributed by atoms with E-state index in [-0.39, 0.29) is 12.4 Å². The van der Waals surface area contributed by atoms with Gasteiger partial charge in [-0.3, -0.25) is 4.79 Å². The minimum Gasteiger partial charge on any atom is -0.494 e. The normalized spacial score (nSPS) is 11.1. The van der Waals surface area contributed by atoms with Gasteiger partial charge in [-0.05, 0) is 62.4 Å². The maximum absolute atomic E-state index is 12.1. The summed E-state index contributed by atoms with van der Waals surface area (Å²) in [6.07, 6.45) is -0.879. The maximum atomic E-state index is 12.1. The van der Waals surface area contributed by atoms with Crippen LogP contribution in [0.4, 0.5) is 0 Å². The van der Waals surface area contributed by atoms with E-state index in [0.29, 0.717) is 29.2 Å². The molecule has 134 valence electrons. The van der Waals surface area contributed by atoms with Crippen molar-refractivity contribution in [2.75, 3.05) is 13.2 Å². The van der Waals surface area contributed by atoms with Crippen molar-refractivity contribution >= 4 is 11.8 Å². The van der Waals surface area contributed by atoms with Crippen LogP contribution in [0.3, 0.4) is 0 Å². The molecule has 0 aliphatic heterocycles. The predicted molar refractivity (Wildman–Crippen MR) is 94.1 cm³/mol. The summed E-state index contributed by atoms with van der Waals surface area (Å²) in [5, 5.41) is 8.75. The number of rotatable bonds is 8. The summed E-state index contributed by atoms with van der Waals surface area (Å²) in [6, 6.07) is 15.0. The number of nitrogens with zero attached hydrogens (tertiary/aromatic N) is 1. The molecule has 6 nitrogen and oxygen atoms in total. The summed E-state index contributed by atoms with van der Waals surface area (Å²) in [5.74, 6) is 0.150. The molecular formula is C20H19NO5. The highest BCUT2D eigenvalue weighted by Gasteiger charge is 2.18. The average molecular weight is 353 g/mol. The molecular weight excluding hydrogens is 334 g/mol. The molecule has 0 heterocycles. The van der Waals surface area contributed by atoms with Gasteiger partial charge >= 0.3 is 5.97 Å². The van der Waals surface area contributed by atoms with E-state index in [1.165, 1.54) is 6.92 Å². The van der Waals surface area contributed by atoms with Gasteiger partial charge in [0.2, 0.25) is 0 Å². The second-order valence-corrected chi connectivity index (χ2v) is 5.38. The third kappa shape index (κ3) is 5.35. The van der Waals surface area contributed by atoms with E-state index in [0.717, 1.165) is 0 Å². The van der Waals surface area contributed by atoms with Crippen molar-refractivity contribution in [3.05, 3.63) is 59.7 Å². The van der Waals surface area contributed by atoms with Crippen LogP contribution in [-0.4, -0.2) is 31.1 Å². The Morgan fingerprint density at radius 2 is 1.65 bits per heavy atom. The zero-order valence-electron chi connectivity index (χ0n) is 14.6. The van der Waals surface area contributed by atoms with E-state index in [4.69, 9.17) is 19.5 Å². The van der Waals surface area contributed by atoms with Crippen LogP contribution in [0, 0.1) is 11.3 Å². The van der Waals surface area contributed by atoms with E-state index >= 15 is 0 Å². The second-order valence-electron chi connectivity index (χ2n) is 5.38.